The van der Waals surface area contributed by atoms with Crippen LogP contribution in [0.1, 0.15) is 16.5 Å². The number of hydrogen-bond donors (Lipinski definition) is 2. The molecule has 0 radical (unpaired) electrons. The van der Waals surface area contributed by atoms with Crippen LogP contribution in [0.4, 0.5) is 13.6 Å². The first-order valence-corrected chi connectivity index (χ1v) is 9.21. The van der Waals surface area contributed by atoms with E-state index in [1.807, 2.05) is 17.5 Å². The number of amides is 2. The Bertz CT molecular complexity index is 853. The highest BCUT2D eigenvalue weighted by atomic mass is 32.1. The van der Waals surface area contributed by atoms with Gasteiger partial charge in [0.1, 0.15) is 24.0 Å². The van der Waals surface area contributed by atoms with Crippen molar-refractivity contribution in [2.24, 2.45) is 0 Å². The maximum absolute atomic E-state index is 13.2. The van der Waals surface area contributed by atoms with Crippen LogP contribution in [0.3, 0.4) is 0 Å². The highest BCUT2D eigenvalue weighted by Gasteiger charge is 2.17. The Morgan fingerprint density at radius 3 is 2.30 bits per heavy atom. The maximum atomic E-state index is 13.2. The average molecular weight is 388 g/mol. The molecule has 0 aliphatic carbocycles. The molecule has 3 rings (SSSR count). The lowest BCUT2D eigenvalue weighted by atomic mass is 10.1. The zero-order chi connectivity index (χ0) is 19.1. The molecule has 4 nitrogen and oxygen atoms in total. The number of hydrogen-bond acceptors (Lipinski definition) is 3. The van der Waals surface area contributed by atoms with E-state index in [4.69, 9.17) is 4.74 Å². The molecule has 7 heteroatoms. The number of benzene rings is 2. The molecule has 2 amide bonds. The number of halogens is 2. The summed E-state index contributed by atoms with van der Waals surface area (Å²) in [4.78, 5) is 13.2. The summed E-state index contributed by atoms with van der Waals surface area (Å²) in [5.41, 5.74) is 0.788. The van der Waals surface area contributed by atoms with Gasteiger partial charge >= 0.3 is 6.03 Å². The SMILES string of the molecule is O=C(NCCOc1ccc(F)cc1)NC(c1ccc(F)cc1)c1cccs1. The van der Waals surface area contributed by atoms with Gasteiger partial charge in [0.15, 0.2) is 0 Å². The molecule has 0 aliphatic rings. The van der Waals surface area contributed by atoms with E-state index in [1.165, 1.54) is 47.7 Å². The molecule has 1 atom stereocenters. The molecule has 0 fully saturated rings. The summed E-state index contributed by atoms with van der Waals surface area (Å²) >= 11 is 1.51. The topological polar surface area (TPSA) is 50.4 Å². The minimum atomic E-state index is -0.372. The number of rotatable bonds is 7. The van der Waals surface area contributed by atoms with E-state index in [-0.39, 0.29) is 36.9 Å². The normalized spacial score (nSPS) is 11.6. The molecule has 1 heterocycles. The van der Waals surface area contributed by atoms with Crippen molar-refractivity contribution in [3.05, 3.63) is 88.1 Å². The van der Waals surface area contributed by atoms with Crippen LogP contribution < -0.4 is 15.4 Å². The van der Waals surface area contributed by atoms with Crippen molar-refractivity contribution in [1.82, 2.24) is 10.6 Å². The van der Waals surface area contributed by atoms with Crippen molar-refractivity contribution in [2.45, 2.75) is 6.04 Å². The molecule has 0 spiro atoms. The summed E-state index contributed by atoms with van der Waals surface area (Å²) < 4.78 is 31.5. The molecular weight excluding hydrogens is 370 g/mol. The van der Waals surface area contributed by atoms with Crippen LogP contribution in [0.15, 0.2) is 66.0 Å². The number of carbonyl (C=O) groups is 1. The minimum Gasteiger partial charge on any atom is -0.492 e. The van der Waals surface area contributed by atoms with Gasteiger partial charge in [0.25, 0.3) is 0 Å². The smallest absolute Gasteiger partial charge is 0.315 e. The van der Waals surface area contributed by atoms with E-state index in [0.717, 1.165) is 10.4 Å². The summed E-state index contributed by atoms with van der Waals surface area (Å²) in [6.45, 7) is 0.531. The van der Waals surface area contributed by atoms with Crippen LogP contribution in [0.2, 0.25) is 0 Å². The Labute approximate surface area is 159 Å². The third-order valence-electron chi connectivity index (χ3n) is 3.78. The predicted octanol–water partition coefficient (Wildman–Crippen LogP) is 4.49. The summed E-state index contributed by atoms with van der Waals surface area (Å²) in [5, 5.41) is 7.53. The van der Waals surface area contributed by atoms with Crippen LogP contribution in [-0.4, -0.2) is 19.2 Å². The average Bonchev–Trinajstić information content (AvgIpc) is 3.20. The van der Waals surface area contributed by atoms with E-state index < -0.39 is 0 Å². The van der Waals surface area contributed by atoms with Gasteiger partial charge in [0.2, 0.25) is 0 Å². The number of thiophene rings is 1. The van der Waals surface area contributed by atoms with E-state index in [0.29, 0.717) is 5.75 Å². The molecule has 2 N–H and O–H groups in total. The molecule has 2 aromatic carbocycles. The standard InChI is InChI=1S/C20H18F2N2O2S/c21-15-5-3-14(4-6-15)19(18-2-1-13-27-18)24-20(25)23-11-12-26-17-9-7-16(22)8-10-17/h1-10,13,19H,11-12H2,(H2,23,24,25). The second-order valence-corrected chi connectivity index (χ2v) is 6.68. The molecule has 1 aromatic heterocycles. The Morgan fingerprint density at radius 2 is 1.67 bits per heavy atom. The van der Waals surface area contributed by atoms with Crippen LogP contribution in [-0.2, 0) is 0 Å². The van der Waals surface area contributed by atoms with Crippen molar-refractivity contribution in [3.63, 3.8) is 0 Å². The summed E-state index contributed by atoms with van der Waals surface area (Å²) in [6.07, 6.45) is 0. The molecule has 0 aliphatic heterocycles. The molecular formula is C20H18F2N2O2S. The lowest BCUT2D eigenvalue weighted by molar-refractivity contribution is 0.234. The summed E-state index contributed by atoms with van der Waals surface area (Å²) in [6, 6.07) is 14.8. The monoisotopic (exact) mass is 388 g/mol. The lowest BCUT2D eigenvalue weighted by Gasteiger charge is -2.18. The number of carbonyl (C=O) groups excluding carboxylic acids is 1. The molecule has 27 heavy (non-hydrogen) atoms. The van der Waals surface area contributed by atoms with Crippen molar-refractivity contribution in [3.8, 4) is 5.75 Å². The predicted molar refractivity (Wildman–Crippen MR) is 101 cm³/mol. The summed E-state index contributed by atoms with van der Waals surface area (Å²) in [7, 11) is 0. The Kier molecular flexibility index (Phi) is 6.38. The van der Waals surface area contributed by atoms with E-state index >= 15 is 0 Å². The first-order chi connectivity index (χ1) is 13.1. The molecule has 140 valence electrons. The van der Waals surface area contributed by atoms with Gasteiger partial charge in [-0.15, -0.1) is 11.3 Å². The first-order valence-electron chi connectivity index (χ1n) is 8.33. The van der Waals surface area contributed by atoms with Gasteiger partial charge < -0.3 is 15.4 Å². The van der Waals surface area contributed by atoms with Gasteiger partial charge in [-0.05, 0) is 53.4 Å². The van der Waals surface area contributed by atoms with Crippen LogP contribution in [0, 0.1) is 11.6 Å². The van der Waals surface area contributed by atoms with Crippen LogP contribution in [0.5, 0.6) is 5.75 Å². The van der Waals surface area contributed by atoms with Crippen molar-refractivity contribution >= 4 is 17.4 Å². The fourth-order valence-corrected chi connectivity index (χ4v) is 3.28. The second kappa shape index (κ2) is 9.14. The zero-order valence-electron chi connectivity index (χ0n) is 14.3. The Hall–Kier alpha value is -2.93. The highest BCUT2D eigenvalue weighted by Crippen LogP contribution is 2.26. The molecule has 3 aromatic rings. The van der Waals surface area contributed by atoms with Gasteiger partial charge in [-0.1, -0.05) is 18.2 Å². The van der Waals surface area contributed by atoms with Gasteiger partial charge in [0, 0.05) is 4.88 Å². The van der Waals surface area contributed by atoms with Crippen LogP contribution in [0.25, 0.3) is 0 Å². The third-order valence-corrected chi connectivity index (χ3v) is 4.71. The molecule has 0 saturated heterocycles. The van der Waals surface area contributed by atoms with Gasteiger partial charge in [-0.3, -0.25) is 0 Å². The first kappa shape index (κ1) is 18.8. The van der Waals surface area contributed by atoms with Crippen molar-refractivity contribution in [1.29, 1.82) is 0 Å². The van der Waals surface area contributed by atoms with Gasteiger partial charge in [-0.25, -0.2) is 13.6 Å². The molecule has 0 saturated carbocycles. The number of ether oxygens (including phenoxy) is 1. The van der Waals surface area contributed by atoms with Crippen molar-refractivity contribution < 1.29 is 18.3 Å². The van der Waals surface area contributed by atoms with Gasteiger partial charge in [0.05, 0.1) is 12.6 Å². The number of nitrogens with one attached hydrogen (secondary N) is 2. The van der Waals surface area contributed by atoms with Crippen LogP contribution >= 0.6 is 11.3 Å². The molecule has 0 bridgehead atoms. The maximum Gasteiger partial charge on any atom is 0.315 e. The Balaban J connectivity index is 1.53. The van der Waals surface area contributed by atoms with E-state index in [9.17, 15) is 13.6 Å². The van der Waals surface area contributed by atoms with E-state index in [1.54, 1.807) is 12.1 Å². The zero-order valence-corrected chi connectivity index (χ0v) is 15.1. The largest absolute Gasteiger partial charge is 0.492 e. The fraction of sp³-hybridized carbons (Fsp3) is 0.150. The third kappa shape index (κ3) is 5.52. The van der Waals surface area contributed by atoms with E-state index in [2.05, 4.69) is 10.6 Å². The fourth-order valence-electron chi connectivity index (χ4n) is 2.48. The van der Waals surface area contributed by atoms with Crippen molar-refractivity contribution in [2.75, 3.05) is 13.2 Å². The minimum absolute atomic E-state index is 0.249. The quantitative estimate of drug-likeness (QED) is 0.586. The lowest BCUT2D eigenvalue weighted by Crippen LogP contribution is -2.39. The second-order valence-electron chi connectivity index (χ2n) is 5.70. The molecule has 1 unspecified atom stereocenters. The number of urea groups is 1. The van der Waals surface area contributed by atoms with Gasteiger partial charge in [-0.2, -0.15) is 0 Å². The highest BCUT2D eigenvalue weighted by molar-refractivity contribution is 7.10. The summed E-state index contributed by atoms with van der Waals surface area (Å²) in [5.74, 6) is -0.132. The Morgan fingerprint density at radius 1 is 1.00 bits per heavy atom.